The third-order valence-electron chi connectivity index (χ3n) is 2.84. The van der Waals surface area contributed by atoms with Crippen LogP contribution in [0.25, 0.3) is 0 Å². The van der Waals surface area contributed by atoms with Gasteiger partial charge in [0.25, 0.3) is 0 Å². The van der Waals surface area contributed by atoms with E-state index >= 15 is 0 Å². The van der Waals surface area contributed by atoms with Crippen molar-refractivity contribution in [1.82, 2.24) is 0 Å². The van der Waals surface area contributed by atoms with Crippen LogP contribution in [0.4, 0.5) is 5.69 Å². The molecule has 5 heteroatoms. The number of aromatic hydroxyl groups is 1. The number of benzene rings is 2. The number of phenolic OH excluding ortho intramolecular Hbond substituents is 1. The van der Waals surface area contributed by atoms with Gasteiger partial charge in [0.05, 0.1) is 10.7 Å². The van der Waals surface area contributed by atoms with Crippen LogP contribution in [-0.4, -0.2) is 16.6 Å². The van der Waals surface area contributed by atoms with Gasteiger partial charge >= 0.3 is 0 Å². The standard InChI is InChI=1S/C16H11ClN2O2/c1-10-7-12(8-13(17)15(10)20)19-14(9-18)16(21)11-5-3-2-4-6-11/h2-8,20H,1H3/b19-14+. The molecule has 0 radical (unpaired) electrons. The van der Waals surface area contributed by atoms with Crippen molar-refractivity contribution in [1.29, 1.82) is 5.26 Å². The molecule has 21 heavy (non-hydrogen) atoms. The summed E-state index contributed by atoms with van der Waals surface area (Å²) in [7, 11) is 0. The van der Waals surface area contributed by atoms with Crippen LogP contribution in [-0.2, 0) is 0 Å². The zero-order chi connectivity index (χ0) is 15.4. The number of hydrogen-bond donors (Lipinski definition) is 1. The lowest BCUT2D eigenvalue weighted by Gasteiger charge is -2.04. The number of carbonyl (C=O) groups is 1. The number of nitrogens with zero attached hydrogens (tertiary/aromatic N) is 2. The minimum atomic E-state index is -0.458. The number of nitriles is 1. The lowest BCUT2D eigenvalue weighted by Crippen LogP contribution is -2.11. The van der Waals surface area contributed by atoms with Gasteiger partial charge in [0.2, 0.25) is 5.78 Å². The lowest BCUT2D eigenvalue weighted by molar-refractivity contribution is 0.106. The van der Waals surface area contributed by atoms with E-state index in [0.29, 0.717) is 16.8 Å². The number of aliphatic imine (C=N–C) groups is 1. The third kappa shape index (κ3) is 3.28. The van der Waals surface area contributed by atoms with E-state index in [1.807, 2.05) is 0 Å². The maximum atomic E-state index is 12.2. The van der Waals surface area contributed by atoms with Gasteiger partial charge in [-0.05, 0) is 24.6 Å². The van der Waals surface area contributed by atoms with Crippen molar-refractivity contribution in [2.24, 2.45) is 4.99 Å². The Kier molecular flexibility index (Phi) is 4.36. The molecule has 2 aromatic rings. The monoisotopic (exact) mass is 298 g/mol. The van der Waals surface area contributed by atoms with Crippen molar-refractivity contribution in [2.45, 2.75) is 6.92 Å². The van der Waals surface area contributed by atoms with Crippen LogP contribution in [0, 0.1) is 18.3 Å². The molecule has 0 amide bonds. The summed E-state index contributed by atoms with van der Waals surface area (Å²) in [6, 6.07) is 13.2. The average Bonchev–Trinajstić information content (AvgIpc) is 2.50. The minimum absolute atomic E-state index is 0.0384. The number of ketones is 1. The number of halogens is 1. The number of hydrogen-bond acceptors (Lipinski definition) is 4. The molecule has 104 valence electrons. The van der Waals surface area contributed by atoms with Crippen LogP contribution in [0.15, 0.2) is 47.5 Å². The summed E-state index contributed by atoms with van der Waals surface area (Å²) in [5.41, 5.74) is 1.02. The highest BCUT2D eigenvalue weighted by Gasteiger charge is 2.14. The first-order chi connectivity index (χ1) is 10.0. The zero-order valence-corrected chi connectivity index (χ0v) is 11.9. The van der Waals surface area contributed by atoms with Gasteiger partial charge in [-0.25, -0.2) is 4.99 Å². The minimum Gasteiger partial charge on any atom is -0.506 e. The van der Waals surface area contributed by atoms with E-state index in [-0.39, 0.29) is 16.5 Å². The number of carbonyl (C=O) groups excluding carboxylic acids is 1. The first-order valence-corrected chi connectivity index (χ1v) is 6.48. The predicted molar refractivity (Wildman–Crippen MR) is 81.3 cm³/mol. The molecule has 0 fully saturated rings. The molecule has 0 heterocycles. The molecule has 2 rings (SSSR count). The van der Waals surface area contributed by atoms with Crippen molar-refractivity contribution >= 4 is 28.8 Å². The summed E-state index contributed by atoms with van der Waals surface area (Å²) in [5, 5.41) is 18.8. The van der Waals surface area contributed by atoms with E-state index in [1.165, 1.54) is 6.07 Å². The summed E-state index contributed by atoms with van der Waals surface area (Å²) >= 11 is 5.86. The summed E-state index contributed by atoms with van der Waals surface area (Å²) < 4.78 is 0. The Morgan fingerprint density at radius 3 is 2.52 bits per heavy atom. The Balaban J connectivity index is 2.43. The Hall–Kier alpha value is -2.64. The van der Waals surface area contributed by atoms with Gasteiger partial charge in [0.15, 0.2) is 5.71 Å². The molecular formula is C16H11ClN2O2. The zero-order valence-electron chi connectivity index (χ0n) is 11.2. The Bertz CT molecular complexity index is 739. The van der Waals surface area contributed by atoms with Crippen LogP contribution < -0.4 is 0 Å². The Labute approximate surface area is 126 Å². The normalized spacial score (nSPS) is 11.0. The van der Waals surface area contributed by atoms with Gasteiger partial charge in [-0.1, -0.05) is 41.9 Å². The van der Waals surface area contributed by atoms with Gasteiger partial charge in [-0.2, -0.15) is 5.26 Å². The molecule has 0 saturated heterocycles. The molecule has 0 saturated carbocycles. The Morgan fingerprint density at radius 2 is 1.95 bits per heavy atom. The van der Waals surface area contributed by atoms with E-state index in [0.717, 1.165) is 0 Å². The maximum absolute atomic E-state index is 12.2. The molecule has 0 aliphatic heterocycles. The lowest BCUT2D eigenvalue weighted by atomic mass is 10.1. The number of aryl methyl sites for hydroxylation is 1. The second-order valence-electron chi connectivity index (χ2n) is 4.36. The number of phenols is 1. The molecule has 4 nitrogen and oxygen atoms in total. The maximum Gasteiger partial charge on any atom is 0.222 e. The van der Waals surface area contributed by atoms with Crippen LogP contribution in [0.1, 0.15) is 15.9 Å². The smallest absolute Gasteiger partial charge is 0.222 e. The van der Waals surface area contributed by atoms with E-state index in [2.05, 4.69) is 4.99 Å². The van der Waals surface area contributed by atoms with Gasteiger partial charge in [-0.3, -0.25) is 4.79 Å². The van der Waals surface area contributed by atoms with Crippen molar-refractivity contribution in [3.63, 3.8) is 0 Å². The predicted octanol–water partition coefficient (Wildman–Crippen LogP) is 3.83. The second kappa shape index (κ2) is 6.21. The highest BCUT2D eigenvalue weighted by molar-refractivity contribution is 6.51. The molecule has 0 bridgehead atoms. The summed E-state index contributed by atoms with van der Waals surface area (Å²) in [6.45, 7) is 1.66. The molecule has 2 aromatic carbocycles. The molecule has 0 spiro atoms. The van der Waals surface area contributed by atoms with Gasteiger partial charge in [0, 0.05) is 5.56 Å². The third-order valence-corrected chi connectivity index (χ3v) is 3.12. The quantitative estimate of drug-likeness (QED) is 0.691. The van der Waals surface area contributed by atoms with Crippen LogP contribution in [0.2, 0.25) is 5.02 Å². The molecule has 0 atom stereocenters. The van der Waals surface area contributed by atoms with Crippen LogP contribution in [0.5, 0.6) is 5.75 Å². The van der Waals surface area contributed by atoms with E-state index < -0.39 is 5.78 Å². The summed E-state index contributed by atoms with van der Waals surface area (Å²) in [5.74, 6) is -0.497. The number of Topliss-reactive ketones (excluding diaryl/α,β-unsaturated/α-hetero) is 1. The average molecular weight is 299 g/mol. The van der Waals surface area contributed by atoms with E-state index in [4.69, 9.17) is 16.9 Å². The van der Waals surface area contributed by atoms with Crippen molar-refractivity contribution in [3.8, 4) is 11.8 Å². The fourth-order valence-corrected chi connectivity index (χ4v) is 2.03. The largest absolute Gasteiger partial charge is 0.506 e. The van der Waals surface area contributed by atoms with Crippen LogP contribution >= 0.6 is 11.6 Å². The van der Waals surface area contributed by atoms with Gasteiger partial charge in [-0.15, -0.1) is 0 Å². The highest BCUT2D eigenvalue weighted by Crippen LogP contribution is 2.31. The summed E-state index contributed by atoms with van der Waals surface area (Å²) in [4.78, 5) is 16.2. The van der Waals surface area contributed by atoms with Gasteiger partial charge < -0.3 is 5.11 Å². The first kappa shape index (κ1) is 14.8. The molecular weight excluding hydrogens is 288 g/mol. The molecule has 0 aliphatic carbocycles. The highest BCUT2D eigenvalue weighted by atomic mass is 35.5. The molecule has 0 aromatic heterocycles. The molecule has 0 unspecified atom stereocenters. The SMILES string of the molecule is Cc1cc(/N=C(\C#N)C(=O)c2ccccc2)cc(Cl)c1O. The summed E-state index contributed by atoms with van der Waals surface area (Å²) in [6.07, 6.45) is 0. The van der Waals surface area contributed by atoms with Crippen LogP contribution in [0.3, 0.4) is 0 Å². The second-order valence-corrected chi connectivity index (χ2v) is 4.77. The fraction of sp³-hybridized carbons (Fsp3) is 0.0625. The fourth-order valence-electron chi connectivity index (χ4n) is 1.76. The van der Waals surface area contributed by atoms with E-state index in [1.54, 1.807) is 49.4 Å². The molecule has 1 N–H and O–H groups in total. The van der Waals surface area contributed by atoms with Crippen molar-refractivity contribution in [3.05, 3.63) is 58.6 Å². The first-order valence-electron chi connectivity index (χ1n) is 6.10. The number of rotatable bonds is 3. The van der Waals surface area contributed by atoms with Crippen molar-refractivity contribution in [2.75, 3.05) is 0 Å². The molecule has 0 aliphatic rings. The van der Waals surface area contributed by atoms with Gasteiger partial charge in [0.1, 0.15) is 11.8 Å². The Morgan fingerprint density at radius 1 is 1.29 bits per heavy atom. The van der Waals surface area contributed by atoms with E-state index in [9.17, 15) is 9.90 Å². The topological polar surface area (TPSA) is 73.5 Å². The van der Waals surface area contributed by atoms with Crippen molar-refractivity contribution < 1.29 is 9.90 Å².